The van der Waals surface area contributed by atoms with Crippen molar-refractivity contribution in [1.29, 1.82) is 0 Å². The van der Waals surface area contributed by atoms with Gasteiger partial charge in [0.1, 0.15) is 5.75 Å². The molecule has 2 aromatic rings. The molecular formula is C22H27N3O5. The Balaban J connectivity index is 1.66. The molecule has 0 aliphatic rings. The van der Waals surface area contributed by atoms with Crippen LogP contribution in [-0.4, -0.2) is 44.1 Å². The van der Waals surface area contributed by atoms with Crippen LogP contribution >= 0.6 is 0 Å². The molecule has 2 N–H and O–H groups in total. The van der Waals surface area contributed by atoms with Crippen LogP contribution in [0.4, 0.5) is 5.69 Å². The van der Waals surface area contributed by atoms with E-state index >= 15 is 0 Å². The van der Waals surface area contributed by atoms with Crippen LogP contribution < -0.4 is 20.5 Å². The van der Waals surface area contributed by atoms with Gasteiger partial charge in [-0.15, -0.1) is 0 Å². The largest absolute Gasteiger partial charge is 0.493 e. The lowest BCUT2D eigenvalue weighted by molar-refractivity contribution is -0.149. The van der Waals surface area contributed by atoms with Crippen molar-refractivity contribution >= 4 is 23.5 Å². The predicted molar refractivity (Wildman–Crippen MR) is 113 cm³/mol. The van der Waals surface area contributed by atoms with E-state index in [1.54, 1.807) is 24.3 Å². The van der Waals surface area contributed by atoms with Crippen molar-refractivity contribution in [3.05, 3.63) is 60.2 Å². The summed E-state index contributed by atoms with van der Waals surface area (Å²) in [6.45, 7) is 5.51. The molecule has 0 heterocycles. The van der Waals surface area contributed by atoms with Gasteiger partial charge in [0, 0.05) is 24.3 Å². The van der Waals surface area contributed by atoms with Gasteiger partial charge in [0.15, 0.2) is 6.61 Å². The zero-order chi connectivity index (χ0) is 21.8. The number of esters is 1. The quantitative estimate of drug-likeness (QED) is 0.458. The third-order valence-electron chi connectivity index (χ3n) is 4.26. The minimum Gasteiger partial charge on any atom is -0.493 e. The normalized spacial score (nSPS) is 10.1. The standard InChI is InChI=1S/C22H27N3O5/c1-3-25(4-2)18-12-10-17(11-13-18)22(28)24-23-20(26)16-30-21(27)14-15-29-19-8-6-5-7-9-19/h5-13H,3-4,14-16H2,1-2H3,(H,23,26)(H,24,28). The molecule has 8 heteroatoms. The second kappa shape index (κ2) is 12.1. The molecule has 0 radical (unpaired) electrons. The summed E-state index contributed by atoms with van der Waals surface area (Å²) in [6, 6.07) is 16.1. The summed E-state index contributed by atoms with van der Waals surface area (Å²) < 4.78 is 10.2. The van der Waals surface area contributed by atoms with Gasteiger partial charge in [-0.05, 0) is 50.2 Å². The van der Waals surface area contributed by atoms with Gasteiger partial charge in [0.2, 0.25) is 0 Å². The van der Waals surface area contributed by atoms with Gasteiger partial charge in [0.05, 0.1) is 13.0 Å². The lowest BCUT2D eigenvalue weighted by Gasteiger charge is -2.21. The number of hydrogen-bond acceptors (Lipinski definition) is 6. The SMILES string of the molecule is CCN(CC)c1ccc(C(=O)NNC(=O)COC(=O)CCOc2ccccc2)cc1. The van der Waals surface area contributed by atoms with E-state index in [0.717, 1.165) is 18.8 Å². The lowest BCUT2D eigenvalue weighted by atomic mass is 10.2. The Morgan fingerprint density at radius 3 is 2.20 bits per heavy atom. The van der Waals surface area contributed by atoms with Crippen molar-refractivity contribution in [2.24, 2.45) is 0 Å². The Hall–Kier alpha value is -3.55. The van der Waals surface area contributed by atoms with Gasteiger partial charge in [-0.1, -0.05) is 18.2 Å². The van der Waals surface area contributed by atoms with Crippen molar-refractivity contribution in [1.82, 2.24) is 10.9 Å². The Morgan fingerprint density at radius 1 is 0.900 bits per heavy atom. The predicted octanol–water partition coefficient (Wildman–Crippen LogP) is 2.31. The minimum atomic E-state index is -0.638. The Kier molecular flexibility index (Phi) is 9.18. The number of hydrogen-bond donors (Lipinski definition) is 2. The number of nitrogens with zero attached hydrogens (tertiary/aromatic N) is 1. The molecule has 0 saturated heterocycles. The van der Waals surface area contributed by atoms with Crippen molar-refractivity contribution in [3.63, 3.8) is 0 Å². The number of ether oxygens (including phenoxy) is 2. The van der Waals surface area contributed by atoms with Gasteiger partial charge in [-0.2, -0.15) is 0 Å². The number of carbonyl (C=O) groups is 3. The number of benzene rings is 2. The fourth-order valence-corrected chi connectivity index (χ4v) is 2.63. The first-order chi connectivity index (χ1) is 14.5. The molecular weight excluding hydrogens is 386 g/mol. The van der Waals surface area contributed by atoms with Crippen LogP contribution in [0, 0.1) is 0 Å². The fraction of sp³-hybridized carbons (Fsp3) is 0.318. The molecule has 0 spiro atoms. The molecule has 0 aliphatic carbocycles. The fourth-order valence-electron chi connectivity index (χ4n) is 2.63. The molecule has 0 bridgehead atoms. The van der Waals surface area contributed by atoms with E-state index in [0.29, 0.717) is 11.3 Å². The number of carbonyl (C=O) groups excluding carboxylic acids is 3. The maximum absolute atomic E-state index is 12.1. The van der Waals surface area contributed by atoms with E-state index in [9.17, 15) is 14.4 Å². The van der Waals surface area contributed by atoms with Gasteiger partial charge in [-0.3, -0.25) is 25.2 Å². The molecule has 30 heavy (non-hydrogen) atoms. The molecule has 0 unspecified atom stereocenters. The number of amides is 2. The topological polar surface area (TPSA) is 97.0 Å². The summed E-state index contributed by atoms with van der Waals surface area (Å²) in [7, 11) is 0. The van der Waals surface area contributed by atoms with Crippen LogP contribution in [0.15, 0.2) is 54.6 Å². The maximum Gasteiger partial charge on any atom is 0.309 e. The van der Waals surface area contributed by atoms with Crippen molar-refractivity contribution in [3.8, 4) is 5.75 Å². The number of anilines is 1. The first kappa shape index (κ1) is 22.7. The Labute approximate surface area is 176 Å². The molecule has 0 aromatic heterocycles. The van der Waals surface area contributed by atoms with E-state index in [1.807, 2.05) is 30.3 Å². The van der Waals surface area contributed by atoms with Crippen molar-refractivity contribution in [2.45, 2.75) is 20.3 Å². The third kappa shape index (κ3) is 7.46. The Bertz CT molecular complexity index is 820. The molecule has 0 atom stereocenters. The number of nitrogens with one attached hydrogen (secondary N) is 2. The van der Waals surface area contributed by atoms with Crippen LogP contribution in [0.25, 0.3) is 0 Å². The minimum absolute atomic E-state index is 0.00736. The summed E-state index contributed by atoms with van der Waals surface area (Å²) in [5, 5.41) is 0. The zero-order valence-corrected chi connectivity index (χ0v) is 17.2. The van der Waals surface area contributed by atoms with E-state index < -0.39 is 24.4 Å². The third-order valence-corrected chi connectivity index (χ3v) is 4.26. The van der Waals surface area contributed by atoms with Crippen LogP contribution in [0.5, 0.6) is 5.75 Å². The number of hydrazine groups is 1. The first-order valence-corrected chi connectivity index (χ1v) is 9.81. The molecule has 0 saturated carbocycles. The summed E-state index contributed by atoms with van der Waals surface area (Å²) in [5.74, 6) is -1.02. The average molecular weight is 413 g/mol. The van der Waals surface area contributed by atoms with E-state index in [4.69, 9.17) is 9.47 Å². The van der Waals surface area contributed by atoms with E-state index in [-0.39, 0.29) is 13.0 Å². The van der Waals surface area contributed by atoms with Crippen LogP contribution in [0.3, 0.4) is 0 Å². The second-order valence-corrected chi connectivity index (χ2v) is 6.29. The highest BCUT2D eigenvalue weighted by Crippen LogP contribution is 2.14. The van der Waals surface area contributed by atoms with Crippen molar-refractivity contribution in [2.75, 3.05) is 31.2 Å². The Morgan fingerprint density at radius 2 is 1.57 bits per heavy atom. The maximum atomic E-state index is 12.1. The second-order valence-electron chi connectivity index (χ2n) is 6.29. The highest BCUT2D eigenvalue weighted by atomic mass is 16.5. The highest BCUT2D eigenvalue weighted by molar-refractivity contribution is 5.95. The number of para-hydroxylation sites is 1. The van der Waals surface area contributed by atoms with Crippen LogP contribution in [0.1, 0.15) is 30.6 Å². The smallest absolute Gasteiger partial charge is 0.309 e. The van der Waals surface area contributed by atoms with Gasteiger partial charge >= 0.3 is 5.97 Å². The highest BCUT2D eigenvalue weighted by Gasteiger charge is 2.11. The van der Waals surface area contributed by atoms with Gasteiger partial charge < -0.3 is 14.4 Å². The van der Waals surface area contributed by atoms with Crippen LogP contribution in [0.2, 0.25) is 0 Å². The van der Waals surface area contributed by atoms with Gasteiger partial charge in [0.25, 0.3) is 11.8 Å². The summed E-state index contributed by atoms with van der Waals surface area (Å²) in [6.07, 6.45) is 0.00736. The molecule has 2 aromatic carbocycles. The molecule has 0 aliphatic heterocycles. The lowest BCUT2D eigenvalue weighted by Crippen LogP contribution is -2.43. The molecule has 2 amide bonds. The van der Waals surface area contributed by atoms with E-state index in [1.165, 1.54) is 0 Å². The molecule has 8 nitrogen and oxygen atoms in total. The van der Waals surface area contributed by atoms with E-state index in [2.05, 4.69) is 29.6 Å². The summed E-state index contributed by atoms with van der Waals surface area (Å²) >= 11 is 0. The summed E-state index contributed by atoms with van der Waals surface area (Å²) in [4.78, 5) is 37.7. The average Bonchev–Trinajstić information content (AvgIpc) is 2.78. The summed E-state index contributed by atoms with van der Waals surface area (Å²) in [5.41, 5.74) is 5.94. The zero-order valence-electron chi connectivity index (χ0n) is 17.2. The molecule has 0 fully saturated rings. The van der Waals surface area contributed by atoms with Crippen molar-refractivity contribution < 1.29 is 23.9 Å². The first-order valence-electron chi connectivity index (χ1n) is 9.81. The van der Waals surface area contributed by atoms with Gasteiger partial charge in [-0.25, -0.2) is 0 Å². The van der Waals surface area contributed by atoms with Crippen LogP contribution in [-0.2, 0) is 14.3 Å². The molecule has 2 rings (SSSR count). The monoisotopic (exact) mass is 413 g/mol. The number of rotatable bonds is 10. The molecule has 160 valence electrons.